The van der Waals surface area contributed by atoms with Crippen LogP contribution in [0.1, 0.15) is 12.2 Å². The lowest BCUT2D eigenvalue weighted by atomic mass is 9.77. The molecule has 0 fully saturated rings. The van der Waals surface area contributed by atoms with Crippen LogP contribution < -0.4 is 5.73 Å². The van der Waals surface area contributed by atoms with E-state index in [0.717, 1.165) is 11.3 Å². The predicted octanol–water partition coefficient (Wildman–Crippen LogP) is 2.05. The van der Waals surface area contributed by atoms with Gasteiger partial charge in [0.25, 0.3) is 0 Å². The lowest BCUT2D eigenvalue weighted by Gasteiger charge is -2.35. The molecule has 0 radical (unpaired) electrons. The number of hydrogen-bond donors (Lipinski definition) is 1. The Kier molecular flexibility index (Phi) is 3.04. The number of hydrogen-bond acceptors (Lipinski definition) is 4. The molecular weight excluding hydrogens is 288 g/mol. The third-order valence-corrected chi connectivity index (χ3v) is 4.58. The molecule has 0 spiro atoms. The standard InChI is InChI=1S/C15H15F2N5/c16-8-1-2-11(17)9(3-8)10-4-14-21-15-13(5-19-7-20-15)22(14)6-12(10)18/h1-2,5,7,9-10,12H,3-4,6,18H2/t9?,10-,12?/m1/s1. The lowest BCUT2D eigenvalue weighted by Crippen LogP contribution is -2.44. The fourth-order valence-electron chi connectivity index (χ4n) is 3.45. The Morgan fingerprint density at radius 1 is 1.23 bits per heavy atom. The third kappa shape index (κ3) is 2.04. The summed E-state index contributed by atoms with van der Waals surface area (Å²) in [6, 6.07) is -0.264. The van der Waals surface area contributed by atoms with Crippen molar-refractivity contribution in [2.45, 2.75) is 25.4 Å². The van der Waals surface area contributed by atoms with Crippen molar-refractivity contribution in [1.29, 1.82) is 0 Å². The van der Waals surface area contributed by atoms with E-state index in [9.17, 15) is 8.78 Å². The van der Waals surface area contributed by atoms with Gasteiger partial charge in [0.15, 0.2) is 5.65 Å². The predicted molar refractivity (Wildman–Crippen MR) is 77.0 cm³/mol. The maximum atomic E-state index is 14.1. The maximum absolute atomic E-state index is 14.1. The minimum absolute atomic E-state index is 0.0702. The molecule has 22 heavy (non-hydrogen) atoms. The number of nitrogens with zero attached hydrogens (tertiary/aromatic N) is 4. The van der Waals surface area contributed by atoms with E-state index in [-0.39, 0.29) is 30.0 Å². The minimum Gasteiger partial charge on any atom is -0.326 e. The topological polar surface area (TPSA) is 69.6 Å². The van der Waals surface area contributed by atoms with Crippen molar-refractivity contribution in [2.75, 3.05) is 0 Å². The van der Waals surface area contributed by atoms with E-state index >= 15 is 0 Å². The average Bonchev–Trinajstić information content (AvgIpc) is 2.87. The molecule has 1 aliphatic heterocycles. The SMILES string of the molecule is NC1Cn2c(nc3ncncc32)C[C@@H]1C1CC(F)=CC=C1F. The van der Waals surface area contributed by atoms with E-state index in [1.807, 2.05) is 4.57 Å². The molecule has 0 bridgehead atoms. The number of rotatable bonds is 1. The summed E-state index contributed by atoms with van der Waals surface area (Å²) in [5.74, 6) is -0.479. The first-order chi connectivity index (χ1) is 10.6. The van der Waals surface area contributed by atoms with Gasteiger partial charge in [0.05, 0.1) is 6.20 Å². The van der Waals surface area contributed by atoms with Gasteiger partial charge >= 0.3 is 0 Å². The van der Waals surface area contributed by atoms with Gasteiger partial charge in [-0.3, -0.25) is 0 Å². The zero-order valence-corrected chi connectivity index (χ0v) is 11.8. The summed E-state index contributed by atoms with van der Waals surface area (Å²) in [7, 11) is 0. The molecule has 4 rings (SSSR count). The monoisotopic (exact) mass is 303 g/mol. The van der Waals surface area contributed by atoms with E-state index in [2.05, 4.69) is 15.0 Å². The average molecular weight is 303 g/mol. The quantitative estimate of drug-likeness (QED) is 0.875. The molecule has 3 atom stereocenters. The first-order valence-corrected chi connectivity index (χ1v) is 7.26. The van der Waals surface area contributed by atoms with Crippen molar-refractivity contribution in [3.63, 3.8) is 0 Å². The normalized spacial score (nSPS) is 28.2. The molecule has 114 valence electrons. The van der Waals surface area contributed by atoms with Gasteiger partial charge < -0.3 is 10.3 Å². The summed E-state index contributed by atoms with van der Waals surface area (Å²) in [4.78, 5) is 12.6. The second-order valence-electron chi connectivity index (χ2n) is 5.88. The molecule has 3 heterocycles. The molecule has 2 aliphatic rings. The van der Waals surface area contributed by atoms with Gasteiger partial charge in [-0.25, -0.2) is 23.7 Å². The van der Waals surface area contributed by atoms with Gasteiger partial charge in [-0.05, 0) is 18.1 Å². The molecule has 0 aromatic carbocycles. The van der Waals surface area contributed by atoms with Crippen molar-refractivity contribution >= 4 is 11.2 Å². The molecule has 2 aromatic rings. The van der Waals surface area contributed by atoms with Crippen LogP contribution in [0.2, 0.25) is 0 Å². The zero-order valence-electron chi connectivity index (χ0n) is 11.8. The maximum Gasteiger partial charge on any atom is 0.181 e. The van der Waals surface area contributed by atoms with Gasteiger partial charge in [0, 0.05) is 31.3 Å². The van der Waals surface area contributed by atoms with Crippen LogP contribution in [0.3, 0.4) is 0 Å². The molecule has 2 N–H and O–H groups in total. The summed E-state index contributed by atoms with van der Waals surface area (Å²) in [6.07, 6.45) is 6.12. The Hall–Kier alpha value is -2.15. The molecule has 0 saturated carbocycles. The molecule has 2 unspecified atom stereocenters. The number of fused-ring (bicyclic) bond motifs is 3. The van der Waals surface area contributed by atoms with Crippen LogP contribution in [0.4, 0.5) is 8.78 Å². The number of nitrogens with two attached hydrogens (primary N) is 1. The van der Waals surface area contributed by atoms with Crippen molar-refractivity contribution in [2.24, 2.45) is 17.6 Å². The highest BCUT2D eigenvalue weighted by atomic mass is 19.1. The second kappa shape index (κ2) is 4.95. The first kappa shape index (κ1) is 13.5. The van der Waals surface area contributed by atoms with Gasteiger partial charge in [-0.15, -0.1) is 0 Å². The molecule has 2 aromatic heterocycles. The summed E-state index contributed by atoms with van der Waals surface area (Å²) in [5, 5.41) is 0. The fourth-order valence-corrected chi connectivity index (χ4v) is 3.45. The Morgan fingerprint density at radius 2 is 2.09 bits per heavy atom. The van der Waals surface area contributed by atoms with Crippen LogP contribution in [-0.2, 0) is 13.0 Å². The van der Waals surface area contributed by atoms with E-state index < -0.39 is 5.92 Å². The van der Waals surface area contributed by atoms with Crippen LogP contribution in [0.5, 0.6) is 0 Å². The fraction of sp³-hybridized carbons (Fsp3) is 0.400. The summed E-state index contributed by atoms with van der Waals surface area (Å²) >= 11 is 0. The smallest absolute Gasteiger partial charge is 0.181 e. The van der Waals surface area contributed by atoms with Crippen LogP contribution in [-0.4, -0.2) is 25.6 Å². The Balaban J connectivity index is 1.70. The largest absolute Gasteiger partial charge is 0.326 e. The van der Waals surface area contributed by atoms with Crippen molar-refractivity contribution in [3.05, 3.63) is 42.2 Å². The van der Waals surface area contributed by atoms with Crippen LogP contribution in [0.15, 0.2) is 36.3 Å². The van der Waals surface area contributed by atoms with E-state index in [4.69, 9.17) is 5.73 Å². The van der Waals surface area contributed by atoms with Gasteiger partial charge in [0.2, 0.25) is 0 Å². The molecule has 7 heteroatoms. The van der Waals surface area contributed by atoms with Crippen molar-refractivity contribution in [1.82, 2.24) is 19.5 Å². The van der Waals surface area contributed by atoms with E-state index in [1.54, 1.807) is 6.20 Å². The highest BCUT2D eigenvalue weighted by Gasteiger charge is 2.37. The van der Waals surface area contributed by atoms with Gasteiger partial charge in [0.1, 0.15) is 29.3 Å². The third-order valence-electron chi connectivity index (χ3n) is 4.58. The summed E-state index contributed by atoms with van der Waals surface area (Å²) < 4.78 is 29.6. The van der Waals surface area contributed by atoms with Crippen LogP contribution in [0.25, 0.3) is 11.2 Å². The minimum atomic E-state index is -0.514. The second-order valence-corrected chi connectivity index (χ2v) is 5.88. The van der Waals surface area contributed by atoms with Crippen molar-refractivity contribution < 1.29 is 8.78 Å². The number of imidazole rings is 1. The van der Waals surface area contributed by atoms with Crippen LogP contribution >= 0.6 is 0 Å². The molecular formula is C15H15F2N5. The summed E-state index contributed by atoms with van der Waals surface area (Å²) in [5.41, 5.74) is 7.70. The lowest BCUT2D eigenvalue weighted by molar-refractivity contribution is 0.221. The zero-order chi connectivity index (χ0) is 15.3. The van der Waals surface area contributed by atoms with Gasteiger partial charge in [-0.2, -0.15) is 0 Å². The molecule has 1 aliphatic carbocycles. The van der Waals surface area contributed by atoms with Crippen LogP contribution in [0, 0.1) is 11.8 Å². The van der Waals surface area contributed by atoms with Crippen molar-refractivity contribution in [3.8, 4) is 0 Å². The number of allylic oxidation sites excluding steroid dienone is 4. The Bertz CT molecular complexity index is 794. The summed E-state index contributed by atoms with van der Waals surface area (Å²) in [6.45, 7) is 0.513. The van der Waals surface area contributed by atoms with Gasteiger partial charge in [-0.1, -0.05) is 0 Å². The number of aromatic nitrogens is 4. The highest BCUT2D eigenvalue weighted by molar-refractivity contribution is 5.70. The molecule has 0 saturated heterocycles. The molecule has 5 nitrogen and oxygen atoms in total. The number of halogens is 2. The van der Waals surface area contributed by atoms with E-state index in [0.29, 0.717) is 18.6 Å². The Morgan fingerprint density at radius 3 is 2.95 bits per heavy atom. The highest BCUT2D eigenvalue weighted by Crippen LogP contribution is 2.38. The van der Waals surface area contributed by atoms with E-state index in [1.165, 1.54) is 18.5 Å². The molecule has 0 amide bonds. The first-order valence-electron chi connectivity index (χ1n) is 7.26. The Labute approximate surface area is 125 Å².